The summed E-state index contributed by atoms with van der Waals surface area (Å²) in [6.45, 7) is 6.51. The van der Waals surface area contributed by atoms with Gasteiger partial charge in [-0.1, -0.05) is 0 Å². The Kier molecular flexibility index (Phi) is 6.63. The first-order valence-corrected chi connectivity index (χ1v) is 15.5. The first kappa shape index (κ1) is 25.0. The van der Waals surface area contributed by atoms with Gasteiger partial charge in [-0.2, -0.15) is 18.3 Å². The molecular weight excluding hydrogens is 593 g/mol. The lowest BCUT2D eigenvalue weighted by Crippen LogP contribution is -2.64. The topological polar surface area (TPSA) is 64.7 Å². The van der Waals surface area contributed by atoms with Crippen molar-refractivity contribution in [2.45, 2.75) is 51.8 Å². The van der Waals surface area contributed by atoms with Crippen molar-refractivity contribution in [3.05, 3.63) is 57.5 Å². The van der Waals surface area contributed by atoms with E-state index in [1.165, 1.54) is 10.6 Å². The number of pyridine rings is 1. The van der Waals surface area contributed by atoms with Crippen molar-refractivity contribution >= 4 is 33.9 Å². The van der Waals surface area contributed by atoms with Crippen LogP contribution in [0.5, 0.6) is 5.75 Å². The van der Waals surface area contributed by atoms with E-state index in [1.807, 2.05) is 13.1 Å². The molecule has 35 heavy (non-hydrogen) atoms. The summed E-state index contributed by atoms with van der Waals surface area (Å²) in [7, 11) is 0. The number of imidazole rings is 1. The highest BCUT2D eigenvalue weighted by Crippen LogP contribution is 2.50. The second-order valence-electron chi connectivity index (χ2n) is 9.68. The maximum Gasteiger partial charge on any atom is 0.450 e. The number of hydrogen-bond donors (Lipinski definition) is 0. The van der Waals surface area contributed by atoms with E-state index >= 15 is 0 Å². The normalized spacial score (nSPS) is 18.5. The zero-order valence-corrected chi connectivity index (χ0v) is 22.6. The highest BCUT2D eigenvalue weighted by molar-refractivity contribution is 14.2. The molecule has 1 unspecified atom stereocenters. The Labute approximate surface area is 215 Å². The first-order valence-electron chi connectivity index (χ1n) is 11.5. The molecule has 1 aliphatic carbocycles. The standard InChI is InChI=1S/C23H26F3IN5O2P/c1-14-16(10-29-32(35-27)20(14)33)4-3-7-30-12-22(13-30)8-18(9-22)34-19-6-5-17-11-28-21(23(24,25)26)31(17)15(19)2/h5-6,10-11,18,35H,3-4,7-9,12-13H2,1-2H3. The number of likely N-dealkylation sites (tertiary alicyclic amines) is 1. The molecule has 1 aliphatic heterocycles. The summed E-state index contributed by atoms with van der Waals surface area (Å²) in [6, 6.07) is 3.35. The molecular formula is C23H26F3IN5O2P. The molecule has 12 heteroatoms. The molecule has 188 valence electrons. The Morgan fingerprint density at radius 3 is 2.66 bits per heavy atom. The minimum atomic E-state index is -4.52. The molecule has 0 bridgehead atoms. The fourth-order valence-electron chi connectivity index (χ4n) is 5.42. The second-order valence-corrected chi connectivity index (χ2v) is 11.7. The van der Waals surface area contributed by atoms with Gasteiger partial charge in [0.15, 0.2) is 0 Å². The predicted molar refractivity (Wildman–Crippen MR) is 137 cm³/mol. The van der Waals surface area contributed by atoms with Gasteiger partial charge in [-0.15, -0.1) is 0 Å². The molecule has 0 aromatic carbocycles. The minimum absolute atomic E-state index is 0.00398. The highest BCUT2D eigenvalue weighted by Gasteiger charge is 2.53. The van der Waals surface area contributed by atoms with Crippen molar-refractivity contribution in [1.82, 2.24) is 23.8 Å². The van der Waals surface area contributed by atoms with Crippen molar-refractivity contribution in [2.24, 2.45) is 5.41 Å². The molecule has 1 saturated heterocycles. The number of ether oxygens (including phenoxy) is 1. The van der Waals surface area contributed by atoms with E-state index in [9.17, 15) is 18.0 Å². The van der Waals surface area contributed by atoms with Gasteiger partial charge >= 0.3 is 6.18 Å². The van der Waals surface area contributed by atoms with Crippen LogP contribution in [-0.2, 0) is 12.6 Å². The number of aromatic nitrogens is 4. The van der Waals surface area contributed by atoms with Crippen LogP contribution in [0.25, 0.3) is 5.52 Å². The van der Waals surface area contributed by atoms with Crippen molar-refractivity contribution in [3.8, 4) is 5.75 Å². The molecule has 0 amide bonds. The van der Waals surface area contributed by atoms with Gasteiger partial charge in [0.05, 0.1) is 30.0 Å². The summed E-state index contributed by atoms with van der Waals surface area (Å²) in [5.41, 5.74) is 2.88. The Balaban J connectivity index is 1.11. The molecule has 3 aromatic rings. The Hall–Kier alpha value is -1.72. The monoisotopic (exact) mass is 619 g/mol. The Morgan fingerprint density at radius 2 is 1.97 bits per heavy atom. The van der Waals surface area contributed by atoms with Gasteiger partial charge in [-0.3, -0.25) is 9.20 Å². The Morgan fingerprint density at radius 1 is 1.23 bits per heavy atom. The van der Waals surface area contributed by atoms with Crippen LogP contribution in [0.4, 0.5) is 13.2 Å². The van der Waals surface area contributed by atoms with E-state index < -0.39 is 12.0 Å². The lowest BCUT2D eigenvalue weighted by molar-refractivity contribution is -0.145. The van der Waals surface area contributed by atoms with Crippen LogP contribution in [0.15, 0.2) is 29.3 Å². The lowest BCUT2D eigenvalue weighted by atomic mass is 9.61. The summed E-state index contributed by atoms with van der Waals surface area (Å²) in [6.07, 6.45) is 2.49. The number of alkyl halides is 3. The molecule has 2 fully saturated rings. The molecule has 1 spiro atoms. The van der Waals surface area contributed by atoms with Crippen molar-refractivity contribution in [2.75, 3.05) is 19.6 Å². The van der Waals surface area contributed by atoms with Gasteiger partial charge in [0, 0.05) is 24.1 Å². The van der Waals surface area contributed by atoms with Crippen molar-refractivity contribution in [1.29, 1.82) is 0 Å². The van der Waals surface area contributed by atoms with Gasteiger partial charge < -0.3 is 9.64 Å². The number of halogens is 4. The number of nitrogens with zero attached hydrogens (tertiary/aromatic N) is 5. The summed E-state index contributed by atoms with van der Waals surface area (Å²) >= 11 is 2.15. The third-order valence-electron chi connectivity index (χ3n) is 7.20. The van der Waals surface area contributed by atoms with E-state index in [0.717, 1.165) is 60.8 Å². The molecule has 0 radical (unpaired) electrons. The summed E-state index contributed by atoms with van der Waals surface area (Å²) < 4.78 is 48.6. The van der Waals surface area contributed by atoms with Gasteiger partial charge in [0.25, 0.3) is 5.56 Å². The van der Waals surface area contributed by atoms with Crippen LogP contribution in [0.3, 0.4) is 0 Å². The molecule has 0 N–H and O–H groups in total. The number of fused-ring (bicyclic) bond motifs is 1. The minimum Gasteiger partial charge on any atom is -0.489 e. The molecule has 5 rings (SSSR count). The third-order valence-corrected chi connectivity index (χ3v) is 9.05. The van der Waals surface area contributed by atoms with Crippen molar-refractivity contribution < 1.29 is 17.9 Å². The van der Waals surface area contributed by atoms with Crippen LogP contribution >= 0.6 is 28.4 Å². The summed E-state index contributed by atoms with van der Waals surface area (Å²) in [5.74, 6) is -0.446. The molecule has 7 nitrogen and oxygen atoms in total. The van der Waals surface area contributed by atoms with Crippen molar-refractivity contribution in [3.63, 3.8) is 0 Å². The first-order chi connectivity index (χ1) is 16.6. The van der Waals surface area contributed by atoms with Gasteiger partial charge in [-0.25, -0.2) is 9.44 Å². The lowest BCUT2D eigenvalue weighted by Gasteiger charge is -2.58. The van der Waals surface area contributed by atoms with Gasteiger partial charge in [-0.05, 0) is 85.8 Å². The average molecular weight is 619 g/mol. The molecule has 3 aromatic heterocycles. The smallest absolute Gasteiger partial charge is 0.450 e. The van der Waals surface area contributed by atoms with E-state index in [1.54, 1.807) is 19.1 Å². The highest BCUT2D eigenvalue weighted by atomic mass is 127. The van der Waals surface area contributed by atoms with E-state index in [0.29, 0.717) is 23.3 Å². The summed E-state index contributed by atoms with van der Waals surface area (Å²) in [5, 5.41) is 4.24. The van der Waals surface area contributed by atoms with Crippen LogP contribution < -0.4 is 10.3 Å². The largest absolute Gasteiger partial charge is 0.489 e. The number of aryl methyl sites for hydroxylation is 2. The Bertz CT molecular complexity index is 1310. The second kappa shape index (κ2) is 9.30. The van der Waals surface area contributed by atoms with Crippen LogP contribution in [0, 0.1) is 19.3 Å². The molecule has 2 aliphatic rings. The fourth-order valence-corrected chi connectivity index (χ4v) is 6.79. The maximum atomic E-state index is 13.3. The number of hydrogen-bond acceptors (Lipinski definition) is 5. The van der Waals surface area contributed by atoms with E-state index in [-0.39, 0.29) is 17.1 Å². The third kappa shape index (κ3) is 4.71. The van der Waals surface area contributed by atoms with E-state index in [4.69, 9.17) is 4.74 Å². The zero-order valence-electron chi connectivity index (χ0n) is 19.4. The molecule has 1 saturated carbocycles. The SMILES string of the molecule is Cc1c(CCCN2CC3(CC(Oc4ccc5cnc(C(F)(F)F)n5c4C)C3)C2)cnn(PI)c1=O. The average Bonchev–Trinajstić information content (AvgIpc) is 3.20. The molecule has 4 heterocycles. The van der Waals surface area contributed by atoms with Crippen LogP contribution in [-0.4, -0.2) is 49.6 Å². The quantitative estimate of drug-likeness (QED) is 0.281. The van der Waals surface area contributed by atoms with Crippen LogP contribution in [0.1, 0.15) is 41.9 Å². The van der Waals surface area contributed by atoms with Gasteiger partial charge in [0.2, 0.25) is 5.82 Å². The number of rotatable bonds is 7. The fraction of sp³-hybridized carbons (Fsp3) is 0.522. The van der Waals surface area contributed by atoms with Crippen LogP contribution in [0.2, 0.25) is 0 Å². The molecule has 1 atom stereocenters. The zero-order chi connectivity index (χ0) is 25.0. The summed E-state index contributed by atoms with van der Waals surface area (Å²) in [4.78, 5) is 18.2. The maximum absolute atomic E-state index is 13.3. The van der Waals surface area contributed by atoms with E-state index in [2.05, 4.69) is 37.0 Å². The predicted octanol–water partition coefficient (Wildman–Crippen LogP) is 4.79. The van der Waals surface area contributed by atoms with Gasteiger partial charge in [0.1, 0.15) is 11.9 Å².